The van der Waals surface area contributed by atoms with E-state index in [0.717, 1.165) is 12.3 Å². The van der Waals surface area contributed by atoms with E-state index in [4.69, 9.17) is 25.0 Å². The fraction of sp³-hybridized carbons (Fsp3) is 0. The summed E-state index contributed by atoms with van der Waals surface area (Å²) in [7, 11) is -4.64. The van der Waals surface area contributed by atoms with E-state index in [-0.39, 0.29) is 5.69 Å². The first kappa shape index (κ1) is 13.7. The van der Waals surface area contributed by atoms with Gasteiger partial charge < -0.3 is 20.4 Å². The highest BCUT2D eigenvalue weighted by molar-refractivity contribution is 7.45. The molecule has 1 amide bonds. The quantitative estimate of drug-likeness (QED) is 0.482. The van der Waals surface area contributed by atoms with Crippen molar-refractivity contribution in [1.29, 1.82) is 0 Å². The van der Waals surface area contributed by atoms with E-state index in [9.17, 15) is 9.18 Å². The molecular weight excluding hydrogens is 230 g/mol. The molecule has 0 radical (unpaired) electrons. The Kier molecular flexibility index (Phi) is 5.03. The van der Waals surface area contributed by atoms with Crippen molar-refractivity contribution in [3.8, 4) is 0 Å². The Morgan fingerprint density at radius 3 is 2.13 bits per heavy atom. The van der Waals surface area contributed by atoms with Gasteiger partial charge in [-0.25, -0.2) is 13.9 Å². The molecule has 0 bridgehead atoms. The number of rotatable bonds is 1. The molecule has 0 atom stereocenters. The molecule has 1 aromatic rings. The summed E-state index contributed by atoms with van der Waals surface area (Å²) < 4.78 is 21.0. The van der Waals surface area contributed by atoms with E-state index in [1.807, 2.05) is 0 Å². The minimum Gasteiger partial charge on any atom is -0.364 e. The highest BCUT2D eigenvalue weighted by Crippen LogP contribution is 2.25. The van der Waals surface area contributed by atoms with Crippen LogP contribution in [0.25, 0.3) is 0 Å². The molecular formula is C6H8FN2O5P. The highest BCUT2D eigenvalue weighted by atomic mass is 31.2. The van der Waals surface area contributed by atoms with E-state index < -0.39 is 19.5 Å². The van der Waals surface area contributed by atoms with Crippen LogP contribution in [0.1, 0.15) is 10.5 Å². The van der Waals surface area contributed by atoms with Crippen molar-refractivity contribution in [2.75, 3.05) is 0 Å². The predicted octanol–water partition coefficient (Wildman–Crippen LogP) is -0.609. The van der Waals surface area contributed by atoms with Crippen molar-refractivity contribution in [2.24, 2.45) is 5.73 Å². The van der Waals surface area contributed by atoms with Crippen molar-refractivity contribution in [3.05, 3.63) is 29.8 Å². The minimum absolute atomic E-state index is 0.0707. The molecule has 1 aromatic heterocycles. The average Bonchev–Trinajstić information content (AvgIpc) is 2.01. The van der Waals surface area contributed by atoms with Crippen LogP contribution in [0.2, 0.25) is 0 Å². The zero-order valence-corrected chi connectivity index (χ0v) is 8.13. The number of hydrogen-bond donors (Lipinski definition) is 4. The van der Waals surface area contributed by atoms with Crippen molar-refractivity contribution in [1.82, 2.24) is 4.98 Å². The van der Waals surface area contributed by atoms with Gasteiger partial charge >= 0.3 is 7.82 Å². The Labute approximate surface area is 83.6 Å². The number of primary amides is 1. The molecule has 0 aliphatic rings. The van der Waals surface area contributed by atoms with Gasteiger partial charge in [-0.3, -0.25) is 4.79 Å². The molecule has 1 rings (SSSR count). The molecule has 5 N–H and O–H groups in total. The lowest BCUT2D eigenvalue weighted by Crippen LogP contribution is -2.12. The van der Waals surface area contributed by atoms with Gasteiger partial charge in [0.05, 0.1) is 6.20 Å². The highest BCUT2D eigenvalue weighted by Gasteiger charge is 2.00. The Bertz CT molecular complexity index is 367. The molecule has 84 valence electrons. The van der Waals surface area contributed by atoms with Gasteiger partial charge in [-0.05, 0) is 12.1 Å². The Hall–Kier alpha value is -1.34. The molecule has 0 unspecified atom stereocenters. The van der Waals surface area contributed by atoms with Crippen LogP contribution < -0.4 is 5.73 Å². The fourth-order valence-corrected chi connectivity index (χ4v) is 0.522. The van der Waals surface area contributed by atoms with Gasteiger partial charge in [0.1, 0.15) is 11.5 Å². The van der Waals surface area contributed by atoms with Crippen molar-refractivity contribution >= 4 is 13.7 Å². The van der Waals surface area contributed by atoms with E-state index >= 15 is 0 Å². The van der Waals surface area contributed by atoms with Crippen LogP contribution in [0.15, 0.2) is 18.3 Å². The van der Waals surface area contributed by atoms with Gasteiger partial charge in [0.25, 0.3) is 5.91 Å². The molecule has 0 aliphatic carbocycles. The lowest BCUT2D eigenvalue weighted by atomic mass is 10.3. The molecule has 1 heterocycles. The first-order valence-electron chi connectivity index (χ1n) is 3.40. The summed E-state index contributed by atoms with van der Waals surface area (Å²) in [6.07, 6.45) is 0.945. The molecule has 0 aliphatic heterocycles. The predicted molar refractivity (Wildman–Crippen MR) is 47.0 cm³/mol. The number of nitrogens with two attached hydrogens (primary N) is 1. The minimum atomic E-state index is -4.64. The first-order chi connectivity index (χ1) is 6.70. The third-order valence-corrected chi connectivity index (χ3v) is 0.980. The molecule has 0 fully saturated rings. The molecule has 15 heavy (non-hydrogen) atoms. The Morgan fingerprint density at radius 1 is 1.40 bits per heavy atom. The topological polar surface area (TPSA) is 134 Å². The van der Waals surface area contributed by atoms with Crippen LogP contribution in [0, 0.1) is 5.82 Å². The van der Waals surface area contributed by atoms with Crippen LogP contribution in [0.5, 0.6) is 0 Å². The van der Waals surface area contributed by atoms with Crippen LogP contribution >= 0.6 is 7.82 Å². The second-order valence-electron chi connectivity index (χ2n) is 2.24. The molecule has 0 aromatic carbocycles. The Balaban J connectivity index is 0.000000336. The summed E-state index contributed by atoms with van der Waals surface area (Å²) in [5.74, 6) is -1.13. The lowest BCUT2D eigenvalue weighted by molar-refractivity contribution is 0.0995. The third-order valence-electron chi connectivity index (χ3n) is 0.980. The maximum Gasteiger partial charge on any atom is 0.466 e. The number of phosphoric acid groups is 1. The number of aromatic nitrogens is 1. The maximum absolute atomic E-state index is 12.1. The van der Waals surface area contributed by atoms with Gasteiger partial charge in [0, 0.05) is 0 Å². The van der Waals surface area contributed by atoms with Crippen LogP contribution in [-0.2, 0) is 4.57 Å². The zero-order valence-electron chi connectivity index (χ0n) is 7.24. The van der Waals surface area contributed by atoms with Crippen molar-refractivity contribution in [2.45, 2.75) is 0 Å². The van der Waals surface area contributed by atoms with Gasteiger partial charge in [0.15, 0.2) is 0 Å². The second kappa shape index (κ2) is 5.52. The van der Waals surface area contributed by atoms with Crippen LogP contribution in [-0.4, -0.2) is 25.6 Å². The van der Waals surface area contributed by atoms with Gasteiger partial charge in [-0.1, -0.05) is 0 Å². The largest absolute Gasteiger partial charge is 0.466 e. The van der Waals surface area contributed by atoms with Crippen LogP contribution in [0.3, 0.4) is 0 Å². The third kappa shape index (κ3) is 8.98. The summed E-state index contributed by atoms with van der Waals surface area (Å²) in [6, 6.07) is 2.37. The molecule has 0 saturated heterocycles. The van der Waals surface area contributed by atoms with E-state index in [1.54, 1.807) is 0 Å². The summed E-state index contributed by atoms with van der Waals surface area (Å²) >= 11 is 0. The fourth-order valence-electron chi connectivity index (χ4n) is 0.522. The number of nitrogens with zero attached hydrogens (tertiary/aromatic N) is 1. The van der Waals surface area contributed by atoms with Gasteiger partial charge in [-0.2, -0.15) is 0 Å². The monoisotopic (exact) mass is 238 g/mol. The lowest BCUT2D eigenvalue weighted by Gasteiger charge is -1.90. The normalized spacial score (nSPS) is 10.1. The molecule has 7 nitrogen and oxygen atoms in total. The standard InChI is InChI=1S/C6H5FN2O.H3O4P/c7-4-1-2-5(6(8)10)9-3-4;1-5(2,3)4/h1-3H,(H2,8,10);(H3,1,2,3,4). The first-order valence-corrected chi connectivity index (χ1v) is 4.96. The number of halogens is 1. The number of hydrogen-bond acceptors (Lipinski definition) is 3. The van der Waals surface area contributed by atoms with Crippen LogP contribution in [0.4, 0.5) is 4.39 Å². The summed E-state index contributed by atoms with van der Waals surface area (Å²) in [6.45, 7) is 0. The second-order valence-corrected chi connectivity index (χ2v) is 3.27. The number of amides is 1. The maximum atomic E-state index is 12.1. The number of pyridine rings is 1. The van der Waals surface area contributed by atoms with Crippen molar-refractivity contribution < 1.29 is 28.4 Å². The number of carbonyl (C=O) groups excluding carboxylic acids is 1. The zero-order chi connectivity index (χ0) is 12.1. The average molecular weight is 238 g/mol. The van der Waals surface area contributed by atoms with Gasteiger partial charge in [-0.15, -0.1) is 0 Å². The molecule has 9 heteroatoms. The number of carbonyl (C=O) groups is 1. The van der Waals surface area contributed by atoms with Crippen molar-refractivity contribution in [3.63, 3.8) is 0 Å². The summed E-state index contributed by atoms with van der Waals surface area (Å²) in [5, 5.41) is 0. The van der Waals surface area contributed by atoms with E-state index in [2.05, 4.69) is 4.98 Å². The summed E-state index contributed by atoms with van der Waals surface area (Å²) in [4.78, 5) is 35.3. The SMILES string of the molecule is NC(=O)c1ccc(F)cn1.O=P(O)(O)O. The molecule has 0 spiro atoms. The Morgan fingerprint density at radius 2 is 1.87 bits per heavy atom. The van der Waals surface area contributed by atoms with Gasteiger partial charge in [0.2, 0.25) is 0 Å². The van der Waals surface area contributed by atoms with E-state index in [0.29, 0.717) is 0 Å². The molecule has 0 saturated carbocycles. The van der Waals surface area contributed by atoms with E-state index in [1.165, 1.54) is 6.07 Å². The summed E-state index contributed by atoms with van der Waals surface area (Å²) in [5.41, 5.74) is 4.91. The smallest absolute Gasteiger partial charge is 0.364 e.